The average molecular weight is 213 g/mol. The molecule has 1 aliphatic carbocycles. The lowest BCUT2D eigenvalue weighted by molar-refractivity contribution is -0.0686. The molecular weight excluding hydrogens is 186 g/mol. The molecule has 2 N–H and O–H groups in total. The van der Waals surface area contributed by atoms with Crippen molar-refractivity contribution in [2.45, 2.75) is 70.9 Å². The lowest BCUT2D eigenvalue weighted by Crippen LogP contribution is -2.55. The van der Waals surface area contributed by atoms with Crippen molar-refractivity contribution in [3.05, 3.63) is 0 Å². The van der Waals surface area contributed by atoms with Crippen LogP contribution in [-0.2, 0) is 4.74 Å². The SMILES string of the molecule is COC1(C(N)C(C)(C)C)CCCCCC1. The first-order valence-electron chi connectivity index (χ1n) is 6.23. The van der Waals surface area contributed by atoms with E-state index in [9.17, 15) is 0 Å². The molecule has 2 heteroatoms. The zero-order valence-corrected chi connectivity index (χ0v) is 10.8. The van der Waals surface area contributed by atoms with Crippen molar-refractivity contribution in [2.24, 2.45) is 11.1 Å². The normalized spacial score (nSPS) is 24.6. The smallest absolute Gasteiger partial charge is 0.0833 e. The van der Waals surface area contributed by atoms with Gasteiger partial charge in [0, 0.05) is 13.2 Å². The van der Waals surface area contributed by atoms with Gasteiger partial charge in [-0.2, -0.15) is 0 Å². The molecule has 0 aromatic heterocycles. The topological polar surface area (TPSA) is 35.2 Å². The van der Waals surface area contributed by atoms with E-state index < -0.39 is 0 Å². The summed E-state index contributed by atoms with van der Waals surface area (Å²) in [6.07, 6.45) is 7.45. The fourth-order valence-corrected chi connectivity index (χ4v) is 2.76. The van der Waals surface area contributed by atoms with Crippen LogP contribution in [0.1, 0.15) is 59.3 Å². The predicted octanol–water partition coefficient (Wildman–Crippen LogP) is 3.10. The minimum absolute atomic E-state index is 0.0747. The van der Waals surface area contributed by atoms with E-state index in [1.807, 2.05) is 7.11 Å². The summed E-state index contributed by atoms with van der Waals surface area (Å²) >= 11 is 0. The zero-order valence-electron chi connectivity index (χ0n) is 10.8. The molecule has 1 fully saturated rings. The minimum Gasteiger partial charge on any atom is -0.377 e. The first-order valence-corrected chi connectivity index (χ1v) is 6.23. The lowest BCUT2D eigenvalue weighted by atomic mass is 9.73. The van der Waals surface area contributed by atoms with E-state index >= 15 is 0 Å². The van der Waals surface area contributed by atoms with E-state index in [0.717, 1.165) is 12.8 Å². The Morgan fingerprint density at radius 2 is 1.53 bits per heavy atom. The second-order valence-electron chi connectivity index (χ2n) is 6.03. The molecule has 0 amide bonds. The van der Waals surface area contributed by atoms with Gasteiger partial charge >= 0.3 is 0 Å². The summed E-state index contributed by atoms with van der Waals surface area (Å²) in [6, 6.07) is 0.132. The molecule has 1 unspecified atom stereocenters. The van der Waals surface area contributed by atoms with Gasteiger partial charge in [-0.05, 0) is 18.3 Å². The van der Waals surface area contributed by atoms with Crippen molar-refractivity contribution in [3.8, 4) is 0 Å². The van der Waals surface area contributed by atoms with Gasteiger partial charge in [0.05, 0.1) is 5.60 Å². The van der Waals surface area contributed by atoms with Gasteiger partial charge in [0.25, 0.3) is 0 Å². The third-order valence-corrected chi connectivity index (χ3v) is 3.86. The maximum atomic E-state index is 6.42. The maximum Gasteiger partial charge on any atom is 0.0833 e. The highest BCUT2D eigenvalue weighted by Gasteiger charge is 2.42. The van der Waals surface area contributed by atoms with Crippen LogP contribution >= 0.6 is 0 Å². The standard InChI is InChI=1S/C13H27NO/c1-12(2,3)11(14)13(15-4)9-7-5-6-8-10-13/h11H,5-10,14H2,1-4H3. The largest absolute Gasteiger partial charge is 0.377 e. The van der Waals surface area contributed by atoms with Crippen LogP contribution in [-0.4, -0.2) is 18.8 Å². The van der Waals surface area contributed by atoms with Crippen molar-refractivity contribution in [1.82, 2.24) is 0 Å². The number of rotatable bonds is 2. The number of ether oxygens (including phenoxy) is 1. The number of nitrogens with two attached hydrogens (primary N) is 1. The Hall–Kier alpha value is -0.0800. The number of methoxy groups -OCH3 is 1. The van der Waals surface area contributed by atoms with Gasteiger partial charge in [0.2, 0.25) is 0 Å². The lowest BCUT2D eigenvalue weighted by Gasteiger charge is -2.43. The molecular formula is C13H27NO. The summed E-state index contributed by atoms with van der Waals surface area (Å²) in [7, 11) is 1.83. The fraction of sp³-hybridized carbons (Fsp3) is 1.00. The molecule has 2 nitrogen and oxygen atoms in total. The average Bonchev–Trinajstić information content (AvgIpc) is 2.41. The molecule has 1 saturated carbocycles. The van der Waals surface area contributed by atoms with Crippen molar-refractivity contribution in [3.63, 3.8) is 0 Å². The van der Waals surface area contributed by atoms with E-state index in [2.05, 4.69) is 20.8 Å². The van der Waals surface area contributed by atoms with Gasteiger partial charge in [-0.15, -0.1) is 0 Å². The van der Waals surface area contributed by atoms with Crippen LogP contribution in [0.4, 0.5) is 0 Å². The molecule has 1 atom stereocenters. The van der Waals surface area contributed by atoms with Gasteiger partial charge in [-0.3, -0.25) is 0 Å². The summed E-state index contributed by atoms with van der Waals surface area (Å²) in [4.78, 5) is 0. The second kappa shape index (κ2) is 4.84. The van der Waals surface area contributed by atoms with E-state index in [1.165, 1.54) is 25.7 Å². The van der Waals surface area contributed by atoms with E-state index in [4.69, 9.17) is 10.5 Å². The third-order valence-electron chi connectivity index (χ3n) is 3.86. The van der Waals surface area contributed by atoms with Crippen LogP contribution in [0.25, 0.3) is 0 Å². The summed E-state index contributed by atoms with van der Waals surface area (Å²) in [5.41, 5.74) is 6.47. The van der Waals surface area contributed by atoms with Crippen LogP contribution < -0.4 is 5.73 Å². The van der Waals surface area contributed by atoms with Crippen LogP contribution in [0.5, 0.6) is 0 Å². The number of hydrogen-bond donors (Lipinski definition) is 1. The Morgan fingerprint density at radius 3 is 1.87 bits per heavy atom. The van der Waals surface area contributed by atoms with Crippen molar-refractivity contribution >= 4 is 0 Å². The molecule has 90 valence electrons. The molecule has 0 heterocycles. The molecule has 1 rings (SSSR count). The molecule has 0 aromatic rings. The molecule has 0 spiro atoms. The van der Waals surface area contributed by atoms with Crippen LogP contribution in [0.2, 0.25) is 0 Å². The number of hydrogen-bond acceptors (Lipinski definition) is 2. The Bertz CT molecular complexity index is 187. The highest BCUT2D eigenvalue weighted by atomic mass is 16.5. The van der Waals surface area contributed by atoms with E-state index in [-0.39, 0.29) is 17.1 Å². The van der Waals surface area contributed by atoms with Crippen molar-refractivity contribution in [1.29, 1.82) is 0 Å². The Morgan fingerprint density at radius 1 is 1.07 bits per heavy atom. The van der Waals surface area contributed by atoms with E-state index in [1.54, 1.807) is 0 Å². The zero-order chi connectivity index (χ0) is 11.5. The monoisotopic (exact) mass is 213 g/mol. The summed E-state index contributed by atoms with van der Waals surface area (Å²) in [5.74, 6) is 0. The van der Waals surface area contributed by atoms with Gasteiger partial charge in [-0.25, -0.2) is 0 Å². The third kappa shape index (κ3) is 2.94. The molecule has 0 aliphatic heterocycles. The van der Waals surface area contributed by atoms with Gasteiger partial charge in [0.15, 0.2) is 0 Å². The summed E-state index contributed by atoms with van der Waals surface area (Å²) in [6.45, 7) is 6.63. The Kier molecular flexibility index (Phi) is 4.19. The van der Waals surface area contributed by atoms with Gasteiger partial charge in [-0.1, -0.05) is 46.5 Å². The second-order valence-corrected chi connectivity index (χ2v) is 6.03. The first-order chi connectivity index (χ1) is 6.92. The highest BCUT2D eigenvalue weighted by Crippen LogP contribution is 2.38. The van der Waals surface area contributed by atoms with Gasteiger partial charge < -0.3 is 10.5 Å². The maximum absolute atomic E-state index is 6.42. The van der Waals surface area contributed by atoms with Crippen LogP contribution in [0.3, 0.4) is 0 Å². The van der Waals surface area contributed by atoms with E-state index in [0.29, 0.717) is 0 Å². The van der Waals surface area contributed by atoms with Gasteiger partial charge in [0.1, 0.15) is 0 Å². The summed E-state index contributed by atoms with van der Waals surface area (Å²) in [5, 5.41) is 0. The fourth-order valence-electron chi connectivity index (χ4n) is 2.76. The Balaban J connectivity index is 2.81. The molecule has 0 saturated heterocycles. The van der Waals surface area contributed by atoms with Crippen LogP contribution in [0.15, 0.2) is 0 Å². The molecule has 0 radical (unpaired) electrons. The summed E-state index contributed by atoms with van der Waals surface area (Å²) < 4.78 is 5.82. The Labute approximate surface area is 94.6 Å². The van der Waals surface area contributed by atoms with Crippen LogP contribution in [0, 0.1) is 5.41 Å². The first kappa shape index (κ1) is 13.0. The molecule has 1 aliphatic rings. The van der Waals surface area contributed by atoms with Crippen molar-refractivity contribution < 1.29 is 4.74 Å². The molecule has 0 aromatic carbocycles. The molecule has 0 bridgehead atoms. The quantitative estimate of drug-likeness (QED) is 0.715. The molecule has 15 heavy (non-hydrogen) atoms. The minimum atomic E-state index is -0.0747. The predicted molar refractivity (Wildman–Crippen MR) is 64.9 cm³/mol. The van der Waals surface area contributed by atoms with Crippen molar-refractivity contribution in [2.75, 3.05) is 7.11 Å². The highest BCUT2D eigenvalue weighted by molar-refractivity contribution is 4.98.